The van der Waals surface area contributed by atoms with E-state index >= 15 is 0 Å². The summed E-state index contributed by atoms with van der Waals surface area (Å²) in [4.78, 5) is 0. The van der Waals surface area contributed by atoms with E-state index in [9.17, 15) is 15.3 Å². The first-order valence-corrected chi connectivity index (χ1v) is 13.3. The molecule has 0 saturated heterocycles. The molecule has 0 radical (unpaired) electrons. The average Bonchev–Trinajstić information content (AvgIpc) is 2.83. The van der Waals surface area contributed by atoms with E-state index in [2.05, 4.69) is 46.1 Å². The highest BCUT2D eigenvalue weighted by Crippen LogP contribution is 2.52. The molecule has 0 saturated carbocycles. The van der Waals surface area contributed by atoms with Crippen molar-refractivity contribution in [3.8, 4) is 17.2 Å². The normalized spacial score (nSPS) is 24.0. The molecule has 2 aromatic rings. The van der Waals surface area contributed by atoms with Gasteiger partial charge in [0.15, 0.2) is 0 Å². The van der Waals surface area contributed by atoms with Crippen LogP contribution in [0.1, 0.15) is 87.5 Å². The second-order valence-electron chi connectivity index (χ2n) is 11.1. The van der Waals surface area contributed by atoms with Gasteiger partial charge in [0.2, 0.25) is 0 Å². The van der Waals surface area contributed by atoms with Crippen molar-refractivity contribution in [2.45, 2.75) is 65.2 Å². The summed E-state index contributed by atoms with van der Waals surface area (Å²) in [6.45, 7) is 16.9. The smallest absolute Gasteiger partial charge is 0.127 e. The van der Waals surface area contributed by atoms with Crippen LogP contribution in [0.2, 0.25) is 0 Å². The Balaban J connectivity index is 1.94. The van der Waals surface area contributed by atoms with Gasteiger partial charge in [0.1, 0.15) is 17.2 Å². The summed E-state index contributed by atoms with van der Waals surface area (Å²) >= 11 is 0. The molecule has 0 fully saturated rings. The van der Waals surface area contributed by atoms with E-state index in [0.29, 0.717) is 5.56 Å². The molecule has 3 nitrogen and oxygen atoms in total. The van der Waals surface area contributed by atoms with Gasteiger partial charge < -0.3 is 15.3 Å². The fraction of sp³-hybridized carbons (Fsp3) is 0.353. The molecule has 0 aliphatic heterocycles. The van der Waals surface area contributed by atoms with Crippen molar-refractivity contribution in [1.29, 1.82) is 0 Å². The van der Waals surface area contributed by atoms with Crippen LogP contribution in [0.4, 0.5) is 0 Å². The van der Waals surface area contributed by atoms with E-state index in [1.54, 1.807) is 12.1 Å². The molecular formula is C34H40O3. The zero-order valence-electron chi connectivity index (χ0n) is 22.6. The molecule has 2 aliphatic rings. The number of phenols is 3. The summed E-state index contributed by atoms with van der Waals surface area (Å²) in [5.41, 5.74) is 7.89. The lowest BCUT2D eigenvalue weighted by Gasteiger charge is -2.35. The number of rotatable bonds is 6. The van der Waals surface area contributed by atoms with Gasteiger partial charge >= 0.3 is 0 Å². The topological polar surface area (TPSA) is 60.7 Å². The Bertz CT molecular complexity index is 1290. The first kappa shape index (κ1) is 26.6. The Morgan fingerprint density at radius 1 is 0.784 bits per heavy atom. The molecule has 0 bridgehead atoms. The highest BCUT2D eigenvalue weighted by Gasteiger charge is 2.35. The van der Waals surface area contributed by atoms with Gasteiger partial charge in [-0.1, -0.05) is 71.9 Å². The van der Waals surface area contributed by atoms with Crippen molar-refractivity contribution in [2.75, 3.05) is 0 Å². The molecule has 2 aromatic carbocycles. The molecule has 0 aromatic heterocycles. The summed E-state index contributed by atoms with van der Waals surface area (Å²) in [6, 6.07) is 8.79. The fourth-order valence-electron chi connectivity index (χ4n) is 6.11. The Hall–Kier alpha value is -3.46. The average molecular weight is 497 g/mol. The highest BCUT2D eigenvalue weighted by molar-refractivity contribution is 5.76. The van der Waals surface area contributed by atoms with Crippen LogP contribution in [-0.4, -0.2) is 15.3 Å². The Morgan fingerprint density at radius 3 is 1.81 bits per heavy atom. The first-order chi connectivity index (χ1) is 17.6. The number of allylic oxidation sites excluding steroid dienone is 6. The van der Waals surface area contributed by atoms with E-state index < -0.39 is 0 Å². The van der Waals surface area contributed by atoms with Crippen LogP contribution in [-0.2, 0) is 0 Å². The molecule has 4 atom stereocenters. The number of aromatic hydroxyl groups is 3. The summed E-state index contributed by atoms with van der Waals surface area (Å²) in [5, 5.41) is 33.0. The summed E-state index contributed by atoms with van der Waals surface area (Å²) in [7, 11) is 0. The maximum atomic E-state index is 12.0. The molecule has 0 heterocycles. The fourth-order valence-corrected chi connectivity index (χ4v) is 6.11. The van der Waals surface area contributed by atoms with Crippen LogP contribution in [0.15, 0.2) is 77.9 Å². The maximum Gasteiger partial charge on any atom is 0.127 e. The standard InChI is InChI=1S/C34H40O3/c1-20(2)27-15-7-22(5)17-29(27)32-25(12-9-24-10-13-26(35)14-11-24)19-31(36)33(34(32)37)30-18-23(6)8-16-28(30)21(3)4/h9-14,17-19,27-30,35-37H,1,3,7-8,15-16H2,2,4-6H3/b12-9+/t27-,28+,29+,30-/m1/s1. The molecule has 0 amide bonds. The van der Waals surface area contributed by atoms with Gasteiger partial charge in [-0.3, -0.25) is 0 Å². The van der Waals surface area contributed by atoms with Crippen molar-refractivity contribution in [3.63, 3.8) is 0 Å². The molecule has 0 spiro atoms. The third-order valence-corrected chi connectivity index (χ3v) is 8.16. The van der Waals surface area contributed by atoms with E-state index in [1.807, 2.05) is 37.3 Å². The summed E-state index contributed by atoms with van der Waals surface area (Å²) in [6.07, 6.45) is 12.3. The van der Waals surface area contributed by atoms with E-state index in [0.717, 1.165) is 53.5 Å². The molecule has 2 aliphatic carbocycles. The second kappa shape index (κ2) is 10.9. The lowest BCUT2D eigenvalue weighted by molar-refractivity contribution is 0.394. The molecule has 0 unspecified atom stereocenters. The van der Waals surface area contributed by atoms with E-state index in [-0.39, 0.29) is 40.9 Å². The van der Waals surface area contributed by atoms with Crippen LogP contribution in [0.5, 0.6) is 17.2 Å². The predicted molar refractivity (Wildman–Crippen MR) is 155 cm³/mol. The van der Waals surface area contributed by atoms with E-state index in [1.165, 1.54) is 11.1 Å². The quantitative estimate of drug-likeness (QED) is 0.276. The molecule has 4 rings (SSSR count). The molecule has 3 heteroatoms. The lowest BCUT2D eigenvalue weighted by Crippen LogP contribution is -2.20. The number of phenolic OH excluding ortho intramolecular Hbond substituents is 3. The molecule has 3 N–H and O–H groups in total. The van der Waals surface area contributed by atoms with Crippen molar-refractivity contribution in [2.24, 2.45) is 11.8 Å². The van der Waals surface area contributed by atoms with Crippen molar-refractivity contribution >= 4 is 12.2 Å². The van der Waals surface area contributed by atoms with Crippen molar-refractivity contribution in [1.82, 2.24) is 0 Å². The van der Waals surface area contributed by atoms with Gasteiger partial charge in [-0.25, -0.2) is 0 Å². The largest absolute Gasteiger partial charge is 0.508 e. The van der Waals surface area contributed by atoms with Gasteiger partial charge in [-0.05, 0) is 94.5 Å². The zero-order chi connectivity index (χ0) is 26.9. The molecule has 194 valence electrons. The monoisotopic (exact) mass is 496 g/mol. The lowest BCUT2D eigenvalue weighted by atomic mass is 9.70. The maximum absolute atomic E-state index is 12.0. The van der Waals surface area contributed by atoms with Crippen LogP contribution in [0, 0.1) is 11.8 Å². The summed E-state index contributed by atoms with van der Waals surface area (Å²) < 4.78 is 0. The third-order valence-electron chi connectivity index (χ3n) is 8.16. The van der Waals surface area contributed by atoms with Crippen LogP contribution in [0.25, 0.3) is 12.2 Å². The molecule has 37 heavy (non-hydrogen) atoms. The Kier molecular flexibility index (Phi) is 7.82. The van der Waals surface area contributed by atoms with E-state index in [4.69, 9.17) is 0 Å². The SMILES string of the molecule is C=C(C)[C@H]1CCC(C)=C[C@@H]1c1c(/C=C/c2ccc(O)cc2)cc(O)c([C@@H]2C=C(C)CC[C@H]2C(=C)C)c1O. The van der Waals surface area contributed by atoms with Crippen molar-refractivity contribution in [3.05, 3.63) is 100 Å². The van der Waals surface area contributed by atoms with Gasteiger partial charge in [-0.2, -0.15) is 0 Å². The number of hydrogen-bond donors (Lipinski definition) is 3. The Labute approximate surface area is 221 Å². The second-order valence-corrected chi connectivity index (χ2v) is 11.1. The minimum atomic E-state index is -0.128. The molecular weight excluding hydrogens is 456 g/mol. The van der Waals surface area contributed by atoms with Gasteiger partial charge in [-0.15, -0.1) is 0 Å². The van der Waals surface area contributed by atoms with Crippen molar-refractivity contribution < 1.29 is 15.3 Å². The van der Waals surface area contributed by atoms with Gasteiger partial charge in [0, 0.05) is 23.0 Å². The van der Waals surface area contributed by atoms with Crippen LogP contribution >= 0.6 is 0 Å². The zero-order valence-corrected chi connectivity index (χ0v) is 22.6. The third kappa shape index (κ3) is 5.61. The predicted octanol–water partition coefficient (Wildman–Crippen LogP) is 9.01. The first-order valence-electron chi connectivity index (χ1n) is 13.3. The van der Waals surface area contributed by atoms with Gasteiger partial charge in [0.05, 0.1) is 0 Å². The minimum absolute atomic E-state index is 0.0398. The van der Waals surface area contributed by atoms with Crippen LogP contribution in [0.3, 0.4) is 0 Å². The highest BCUT2D eigenvalue weighted by atomic mass is 16.3. The number of benzene rings is 2. The van der Waals surface area contributed by atoms with Crippen LogP contribution < -0.4 is 0 Å². The Morgan fingerprint density at radius 2 is 1.30 bits per heavy atom. The number of hydrogen-bond acceptors (Lipinski definition) is 3. The summed E-state index contributed by atoms with van der Waals surface area (Å²) in [5.74, 6) is 0.694. The van der Waals surface area contributed by atoms with Gasteiger partial charge in [0.25, 0.3) is 0 Å². The minimum Gasteiger partial charge on any atom is -0.508 e.